The second kappa shape index (κ2) is 10.8. The van der Waals surface area contributed by atoms with Gasteiger partial charge in [-0.2, -0.15) is 0 Å². The van der Waals surface area contributed by atoms with Gasteiger partial charge >= 0.3 is 0 Å². The Hall–Kier alpha value is -3.35. The van der Waals surface area contributed by atoms with Crippen LogP contribution in [0.4, 0.5) is 11.4 Å². The van der Waals surface area contributed by atoms with Crippen LogP contribution < -0.4 is 21.3 Å². The van der Waals surface area contributed by atoms with Gasteiger partial charge in [0.2, 0.25) is 11.8 Å². The van der Waals surface area contributed by atoms with Crippen molar-refractivity contribution in [3.05, 3.63) is 59.2 Å². The Morgan fingerprint density at radius 2 is 1.48 bits per heavy atom. The van der Waals surface area contributed by atoms with Crippen molar-refractivity contribution in [2.75, 3.05) is 30.3 Å². The first kappa shape index (κ1) is 21.9. The monoisotopic (exact) mass is 396 g/mol. The van der Waals surface area contributed by atoms with Crippen LogP contribution in [-0.4, -0.2) is 37.4 Å². The third-order valence-electron chi connectivity index (χ3n) is 4.40. The maximum atomic E-state index is 12.1. The minimum atomic E-state index is -0.192. The second-order valence-corrected chi connectivity index (χ2v) is 6.87. The van der Waals surface area contributed by atoms with Crippen molar-refractivity contribution < 1.29 is 14.4 Å². The van der Waals surface area contributed by atoms with Crippen LogP contribution in [0.2, 0.25) is 0 Å². The van der Waals surface area contributed by atoms with Crippen molar-refractivity contribution in [2.45, 2.75) is 27.2 Å². The van der Waals surface area contributed by atoms with Gasteiger partial charge in [0.1, 0.15) is 0 Å². The van der Waals surface area contributed by atoms with Crippen molar-refractivity contribution in [2.24, 2.45) is 0 Å². The SMILES string of the molecule is CC(=O)NCCCNC(=O)c1ccc(NC(=O)CNc2ccc(C)c(C)c2)cc1. The lowest BCUT2D eigenvalue weighted by Crippen LogP contribution is -2.28. The third-order valence-corrected chi connectivity index (χ3v) is 4.40. The Balaban J connectivity index is 1.75. The number of amides is 3. The Kier molecular flexibility index (Phi) is 8.21. The predicted molar refractivity (Wildman–Crippen MR) is 115 cm³/mol. The van der Waals surface area contributed by atoms with E-state index in [1.807, 2.05) is 32.0 Å². The Labute approximate surface area is 171 Å². The molecule has 0 saturated carbocycles. The molecule has 0 aromatic heterocycles. The molecule has 0 radical (unpaired) electrons. The van der Waals surface area contributed by atoms with Crippen molar-refractivity contribution in [3.8, 4) is 0 Å². The minimum absolute atomic E-state index is 0.0851. The highest BCUT2D eigenvalue weighted by atomic mass is 16.2. The molecule has 7 nitrogen and oxygen atoms in total. The standard InChI is InChI=1S/C22H28N4O3/c1-15-5-8-20(13-16(15)2)25-14-21(28)26-19-9-6-18(7-10-19)22(29)24-12-4-11-23-17(3)27/h5-10,13,25H,4,11-12,14H2,1-3H3,(H,23,27)(H,24,29)(H,26,28). The molecule has 0 heterocycles. The molecular formula is C22H28N4O3. The first-order valence-corrected chi connectivity index (χ1v) is 9.59. The average molecular weight is 396 g/mol. The summed E-state index contributed by atoms with van der Waals surface area (Å²) in [5, 5.41) is 11.4. The molecule has 0 atom stereocenters. The minimum Gasteiger partial charge on any atom is -0.376 e. The van der Waals surface area contributed by atoms with Gasteiger partial charge in [-0.3, -0.25) is 14.4 Å². The van der Waals surface area contributed by atoms with Gasteiger partial charge in [0.05, 0.1) is 6.54 Å². The molecule has 3 amide bonds. The van der Waals surface area contributed by atoms with Gasteiger partial charge in [0.25, 0.3) is 5.91 Å². The lowest BCUT2D eigenvalue weighted by atomic mass is 10.1. The molecule has 7 heteroatoms. The highest BCUT2D eigenvalue weighted by molar-refractivity contribution is 5.96. The Bertz CT molecular complexity index is 863. The van der Waals surface area contributed by atoms with Crippen LogP contribution in [0.5, 0.6) is 0 Å². The number of benzene rings is 2. The number of anilines is 2. The molecule has 0 saturated heterocycles. The molecule has 0 aliphatic carbocycles. The summed E-state index contributed by atoms with van der Waals surface area (Å²) in [5.41, 5.74) is 4.40. The first-order chi connectivity index (χ1) is 13.8. The highest BCUT2D eigenvalue weighted by Crippen LogP contribution is 2.14. The van der Waals surface area contributed by atoms with E-state index < -0.39 is 0 Å². The number of hydrogen-bond donors (Lipinski definition) is 4. The molecule has 0 aliphatic rings. The molecule has 0 spiro atoms. The zero-order valence-corrected chi connectivity index (χ0v) is 17.1. The second-order valence-electron chi connectivity index (χ2n) is 6.87. The van der Waals surface area contributed by atoms with E-state index in [2.05, 4.69) is 21.3 Å². The average Bonchev–Trinajstić information content (AvgIpc) is 2.69. The van der Waals surface area contributed by atoms with E-state index >= 15 is 0 Å². The first-order valence-electron chi connectivity index (χ1n) is 9.59. The van der Waals surface area contributed by atoms with Gasteiger partial charge in [0.15, 0.2) is 0 Å². The maximum absolute atomic E-state index is 12.1. The van der Waals surface area contributed by atoms with Crippen LogP contribution in [0, 0.1) is 13.8 Å². The normalized spacial score (nSPS) is 10.2. The molecule has 154 valence electrons. The van der Waals surface area contributed by atoms with E-state index in [1.165, 1.54) is 18.1 Å². The van der Waals surface area contributed by atoms with Gasteiger partial charge in [0, 0.05) is 37.0 Å². The van der Waals surface area contributed by atoms with Gasteiger partial charge in [-0.15, -0.1) is 0 Å². The van der Waals surface area contributed by atoms with Gasteiger partial charge in [-0.25, -0.2) is 0 Å². The predicted octanol–water partition coefficient (Wildman–Crippen LogP) is 2.61. The fraction of sp³-hybridized carbons (Fsp3) is 0.318. The molecule has 2 rings (SSSR count). The van der Waals surface area contributed by atoms with E-state index in [4.69, 9.17) is 0 Å². The number of aryl methyl sites for hydroxylation is 2. The van der Waals surface area contributed by atoms with Gasteiger partial charge in [-0.05, 0) is 67.8 Å². The van der Waals surface area contributed by atoms with E-state index in [1.54, 1.807) is 24.3 Å². The Morgan fingerprint density at radius 3 is 2.14 bits per heavy atom. The molecule has 29 heavy (non-hydrogen) atoms. The lowest BCUT2D eigenvalue weighted by molar-refractivity contribution is -0.119. The van der Waals surface area contributed by atoms with Crippen LogP contribution in [0.15, 0.2) is 42.5 Å². The van der Waals surface area contributed by atoms with Crippen LogP contribution in [0.3, 0.4) is 0 Å². The summed E-state index contributed by atoms with van der Waals surface area (Å²) in [6.07, 6.45) is 0.660. The van der Waals surface area contributed by atoms with Crippen LogP contribution in [0.25, 0.3) is 0 Å². The number of carbonyl (C=O) groups excluding carboxylic acids is 3. The number of nitrogens with one attached hydrogen (secondary N) is 4. The zero-order valence-electron chi connectivity index (χ0n) is 17.1. The third kappa shape index (κ3) is 7.65. The van der Waals surface area contributed by atoms with Crippen molar-refractivity contribution in [1.82, 2.24) is 10.6 Å². The van der Waals surface area contributed by atoms with E-state index in [0.717, 1.165) is 5.69 Å². The molecule has 0 aliphatic heterocycles. The lowest BCUT2D eigenvalue weighted by Gasteiger charge is -2.10. The van der Waals surface area contributed by atoms with Gasteiger partial charge < -0.3 is 21.3 Å². The molecule has 0 bridgehead atoms. The fourth-order valence-electron chi connectivity index (χ4n) is 2.60. The summed E-state index contributed by atoms with van der Waals surface area (Å²) in [6.45, 7) is 6.68. The van der Waals surface area contributed by atoms with Crippen LogP contribution >= 0.6 is 0 Å². The molecule has 0 unspecified atom stereocenters. The maximum Gasteiger partial charge on any atom is 0.251 e. The molecule has 4 N–H and O–H groups in total. The van der Waals surface area contributed by atoms with Crippen LogP contribution in [-0.2, 0) is 9.59 Å². The van der Waals surface area contributed by atoms with Crippen molar-refractivity contribution >= 4 is 29.1 Å². The summed E-state index contributed by atoms with van der Waals surface area (Å²) >= 11 is 0. The largest absolute Gasteiger partial charge is 0.376 e. The number of rotatable bonds is 9. The van der Waals surface area contributed by atoms with Crippen LogP contribution in [0.1, 0.15) is 34.8 Å². The molecule has 2 aromatic rings. The van der Waals surface area contributed by atoms with Crippen molar-refractivity contribution in [3.63, 3.8) is 0 Å². The fourth-order valence-corrected chi connectivity index (χ4v) is 2.60. The highest BCUT2D eigenvalue weighted by Gasteiger charge is 2.07. The molecular weight excluding hydrogens is 368 g/mol. The van der Waals surface area contributed by atoms with E-state index in [0.29, 0.717) is 30.8 Å². The molecule has 0 fully saturated rings. The van der Waals surface area contributed by atoms with E-state index in [9.17, 15) is 14.4 Å². The summed E-state index contributed by atoms with van der Waals surface area (Å²) in [7, 11) is 0. The smallest absolute Gasteiger partial charge is 0.251 e. The summed E-state index contributed by atoms with van der Waals surface area (Å²) in [4.78, 5) is 35.0. The summed E-state index contributed by atoms with van der Waals surface area (Å²) in [5.74, 6) is -0.446. The van der Waals surface area contributed by atoms with Gasteiger partial charge in [-0.1, -0.05) is 6.07 Å². The molecule has 2 aromatic carbocycles. The topological polar surface area (TPSA) is 99.3 Å². The van der Waals surface area contributed by atoms with E-state index in [-0.39, 0.29) is 24.3 Å². The summed E-state index contributed by atoms with van der Waals surface area (Å²) in [6, 6.07) is 12.7. The number of hydrogen-bond acceptors (Lipinski definition) is 4. The van der Waals surface area contributed by atoms with Crippen molar-refractivity contribution in [1.29, 1.82) is 0 Å². The Morgan fingerprint density at radius 1 is 0.828 bits per heavy atom. The zero-order chi connectivity index (χ0) is 21.2. The number of carbonyl (C=O) groups is 3. The summed E-state index contributed by atoms with van der Waals surface area (Å²) < 4.78 is 0. The quantitative estimate of drug-likeness (QED) is 0.490.